The summed E-state index contributed by atoms with van der Waals surface area (Å²) in [5.41, 5.74) is 5.73. The number of nitrogens with zero attached hydrogens (tertiary/aromatic N) is 7. The second-order valence-corrected chi connectivity index (χ2v) is 21.1. The molecule has 16 nitrogen and oxygen atoms in total. The number of hydrazine groups is 1. The molecule has 0 unspecified atom stereocenters. The molecule has 5 amide bonds. The molecular weight excluding hydrogens is 928 g/mol. The first-order chi connectivity index (χ1) is 33.1. The van der Waals surface area contributed by atoms with Crippen LogP contribution in [0.4, 0.5) is 18.0 Å². The number of fused-ring (bicyclic) bond motifs is 1. The average molecular weight is 994 g/mol. The maximum absolute atomic E-state index is 14.6. The molecule has 3 aliphatic rings. The smallest absolute Gasteiger partial charge is 0.384 e. The van der Waals surface area contributed by atoms with Gasteiger partial charge in [0.25, 0.3) is 5.91 Å². The minimum absolute atomic E-state index is 0.0349. The van der Waals surface area contributed by atoms with Gasteiger partial charge in [0, 0.05) is 99.4 Å². The number of aliphatic hydroxyl groups is 1. The number of rotatable bonds is 17. The third-order valence-electron chi connectivity index (χ3n) is 13.7. The SMILES string of the molecule is C=CC(=O)N1CCC2(C1)CN(C(=O)N(C)[C@H](C(=O)N[C@@H](Cc1nc(-c3ccc4c(c3)c(CC(C)(C)COC)c(-c3cccnc3[C@H](C)OC)n4CC(F)(F)F)cs1)C(=O)N1CCC[C@@H](O)N1)C(C)C)C2. The van der Waals surface area contributed by atoms with Gasteiger partial charge in [-0.25, -0.2) is 15.2 Å². The van der Waals surface area contributed by atoms with Gasteiger partial charge in [0.15, 0.2) is 0 Å². The van der Waals surface area contributed by atoms with Gasteiger partial charge in [-0.3, -0.25) is 24.4 Å². The van der Waals surface area contributed by atoms with Crippen LogP contribution in [0.3, 0.4) is 0 Å². The summed E-state index contributed by atoms with van der Waals surface area (Å²) in [4.78, 5) is 69.2. The number of carbonyl (C=O) groups is 4. The molecule has 1 spiro atoms. The standard InChI is InChI=1S/C50H66F3N9O7S/c1-10-41(64)59-20-17-49(25-59)26-60(27-49)47(67)58(7)43(30(2)3)45(65)56-36(46(66)62-19-12-14-39(63)57-62)22-40-55-37(24-70-40)32-15-16-38-34(21-32)35(23-48(5,6)29-68-8)44(61(38)28-50(51,52)53)33-13-11-18-54-42(33)31(4)69-9/h10-11,13,15-16,18,21,24,30-31,36,39,43,57,63H,1,12,14,17,19-20,22-23,25-29H2,2-9H3,(H,56,65)/t31-,36-,39+,43-/m0/s1. The number of pyridine rings is 1. The number of hydrogen-bond acceptors (Lipinski definition) is 11. The van der Waals surface area contributed by atoms with Crippen molar-refractivity contribution in [2.24, 2.45) is 16.7 Å². The number of likely N-dealkylation sites (tertiary alicyclic amines) is 2. The Labute approximate surface area is 411 Å². The minimum atomic E-state index is -4.56. The Hall–Kier alpha value is -5.41. The van der Waals surface area contributed by atoms with Crippen LogP contribution in [-0.4, -0.2) is 148 Å². The Morgan fingerprint density at radius 2 is 1.83 bits per heavy atom. The first-order valence-electron chi connectivity index (χ1n) is 23.7. The number of aromatic nitrogens is 3. The second-order valence-electron chi connectivity index (χ2n) is 20.2. The summed E-state index contributed by atoms with van der Waals surface area (Å²) in [5.74, 6) is -1.53. The Morgan fingerprint density at radius 3 is 2.49 bits per heavy atom. The topological polar surface area (TPSA) is 175 Å². The van der Waals surface area contributed by atoms with E-state index in [9.17, 15) is 37.5 Å². The predicted molar refractivity (Wildman–Crippen MR) is 260 cm³/mol. The maximum Gasteiger partial charge on any atom is 0.406 e. The Morgan fingerprint density at radius 1 is 1.10 bits per heavy atom. The molecule has 0 aliphatic carbocycles. The fourth-order valence-corrected chi connectivity index (χ4v) is 11.2. The van der Waals surface area contributed by atoms with Crippen LogP contribution in [0.2, 0.25) is 0 Å². The summed E-state index contributed by atoms with van der Waals surface area (Å²) in [6, 6.07) is 6.28. The number of benzene rings is 1. The summed E-state index contributed by atoms with van der Waals surface area (Å²) in [7, 11) is 4.69. The number of hydrogen-bond donors (Lipinski definition) is 3. The third-order valence-corrected chi connectivity index (χ3v) is 14.5. The molecule has 6 heterocycles. The van der Waals surface area contributed by atoms with Crippen LogP contribution in [0.1, 0.15) is 76.3 Å². The molecule has 3 aliphatic heterocycles. The number of nitrogens with one attached hydrogen (secondary N) is 2. The lowest BCUT2D eigenvalue weighted by Crippen LogP contribution is -2.65. The van der Waals surface area contributed by atoms with Crippen LogP contribution in [0.15, 0.2) is 54.6 Å². The van der Waals surface area contributed by atoms with Crippen LogP contribution in [0.25, 0.3) is 33.4 Å². The molecule has 4 aromatic rings. The zero-order valence-corrected chi connectivity index (χ0v) is 42.1. The van der Waals surface area contributed by atoms with E-state index in [4.69, 9.17) is 14.5 Å². The fourth-order valence-electron chi connectivity index (χ4n) is 10.3. The molecule has 0 radical (unpaired) electrons. The van der Waals surface area contributed by atoms with Crippen molar-refractivity contribution in [1.82, 2.24) is 45.0 Å². The van der Waals surface area contributed by atoms with Gasteiger partial charge in [-0.1, -0.05) is 40.3 Å². The lowest BCUT2D eigenvalue weighted by molar-refractivity contribution is -0.145. The number of carbonyl (C=O) groups excluding carboxylic acids is 4. The molecule has 3 saturated heterocycles. The first kappa shape index (κ1) is 52.4. The lowest BCUT2D eigenvalue weighted by Gasteiger charge is -2.49. The summed E-state index contributed by atoms with van der Waals surface area (Å²) in [6.45, 7) is 14.4. The van der Waals surface area contributed by atoms with E-state index in [1.165, 1.54) is 39.0 Å². The first-order valence-corrected chi connectivity index (χ1v) is 24.6. The quantitative estimate of drug-likeness (QED) is 0.0981. The molecule has 7 rings (SSSR count). The zero-order chi connectivity index (χ0) is 50.9. The van der Waals surface area contributed by atoms with Crippen molar-refractivity contribution in [3.63, 3.8) is 0 Å². The maximum atomic E-state index is 14.6. The van der Waals surface area contributed by atoms with Gasteiger partial charge in [-0.15, -0.1) is 11.3 Å². The Kier molecular flexibility index (Phi) is 15.8. The molecule has 3 fully saturated rings. The molecule has 3 N–H and O–H groups in total. The van der Waals surface area contributed by atoms with E-state index in [2.05, 4.69) is 22.3 Å². The van der Waals surface area contributed by atoms with E-state index in [1.807, 2.05) is 39.1 Å². The molecule has 20 heteroatoms. The van der Waals surface area contributed by atoms with E-state index in [0.29, 0.717) is 102 Å². The van der Waals surface area contributed by atoms with Gasteiger partial charge in [0.2, 0.25) is 11.8 Å². The van der Waals surface area contributed by atoms with Crippen molar-refractivity contribution in [3.05, 3.63) is 70.8 Å². The predicted octanol–water partition coefficient (Wildman–Crippen LogP) is 6.58. The molecule has 0 bridgehead atoms. The van der Waals surface area contributed by atoms with Crippen molar-refractivity contribution in [2.45, 2.75) is 104 Å². The van der Waals surface area contributed by atoms with Gasteiger partial charge in [0.1, 0.15) is 24.9 Å². The van der Waals surface area contributed by atoms with Crippen LogP contribution >= 0.6 is 11.3 Å². The van der Waals surface area contributed by atoms with Gasteiger partial charge >= 0.3 is 12.2 Å². The van der Waals surface area contributed by atoms with Crippen molar-refractivity contribution >= 4 is 46.0 Å². The normalized spacial score (nSPS) is 18.5. The van der Waals surface area contributed by atoms with Crippen LogP contribution in [0, 0.1) is 16.7 Å². The summed E-state index contributed by atoms with van der Waals surface area (Å²) >= 11 is 1.27. The Bertz CT molecular complexity index is 2570. The number of likely N-dealkylation sites (N-methyl/N-ethyl adjacent to an activating group) is 1. The molecular formula is C50H66F3N9O7S. The highest BCUT2D eigenvalue weighted by Crippen LogP contribution is 2.44. The highest BCUT2D eigenvalue weighted by molar-refractivity contribution is 7.10. The van der Waals surface area contributed by atoms with E-state index in [0.717, 1.165) is 6.42 Å². The second kappa shape index (κ2) is 21.1. The van der Waals surface area contributed by atoms with Crippen molar-refractivity contribution in [3.8, 4) is 22.5 Å². The number of halogens is 3. The monoisotopic (exact) mass is 993 g/mol. The number of ether oxygens (including phenoxy) is 2. The average Bonchev–Trinajstić information content (AvgIpc) is 4.03. The van der Waals surface area contributed by atoms with E-state index < -0.39 is 54.4 Å². The van der Waals surface area contributed by atoms with Crippen molar-refractivity contribution in [2.75, 3.05) is 60.6 Å². The summed E-state index contributed by atoms with van der Waals surface area (Å²) < 4.78 is 56.3. The van der Waals surface area contributed by atoms with Crippen LogP contribution < -0.4 is 10.7 Å². The number of urea groups is 1. The van der Waals surface area contributed by atoms with Gasteiger partial charge in [0.05, 0.1) is 34.8 Å². The van der Waals surface area contributed by atoms with E-state index >= 15 is 0 Å². The number of amides is 5. The highest BCUT2D eigenvalue weighted by Gasteiger charge is 2.51. The van der Waals surface area contributed by atoms with Gasteiger partial charge in [-0.05, 0) is 79.8 Å². The molecule has 4 atom stereocenters. The molecule has 3 aromatic heterocycles. The molecule has 380 valence electrons. The van der Waals surface area contributed by atoms with Crippen LogP contribution in [0.5, 0.6) is 0 Å². The summed E-state index contributed by atoms with van der Waals surface area (Å²) in [6.07, 6.45) is -1.11. The van der Waals surface area contributed by atoms with Gasteiger partial charge < -0.3 is 39.2 Å². The number of methoxy groups -OCH3 is 2. The number of thiazole rings is 1. The number of aliphatic hydroxyl groups excluding tert-OH is 1. The van der Waals surface area contributed by atoms with Crippen molar-refractivity contribution in [1.29, 1.82) is 0 Å². The largest absolute Gasteiger partial charge is 0.406 e. The van der Waals surface area contributed by atoms with E-state index in [-0.39, 0.29) is 36.2 Å². The fraction of sp³-hybridized carbons (Fsp3) is 0.560. The third kappa shape index (κ3) is 11.4. The highest BCUT2D eigenvalue weighted by atomic mass is 32.1. The minimum Gasteiger partial charge on any atom is -0.384 e. The van der Waals surface area contributed by atoms with Crippen LogP contribution in [-0.2, 0) is 43.2 Å². The molecule has 1 aromatic carbocycles. The van der Waals surface area contributed by atoms with E-state index in [1.54, 1.807) is 61.3 Å². The zero-order valence-electron chi connectivity index (χ0n) is 41.3. The molecule has 70 heavy (non-hydrogen) atoms. The summed E-state index contributed by atoms with van der Waals surface area (Å²) in [5, 5.41) is 17.6. The van der Waals surface area contributed by atoms with Gasteiger partial charge in [-0.2, -0.15) is 13.2 Å². The Balaban J connectivity index is 1.20. The van der Waals surface area contributed by atoms with Crippen molar-refractivity contribution < 1.29 is 46.9 Å². The molecule has 0 saturated carbocycles. The lowest BCUT2D eigenvalue weighted by atomic mass is 9.79. The number of alkyl halides is 3.